The van der Waals surface area contributed by atoms with Crippen LogP contribution in [0.2, 0.25) is 0 Å². The van der Waals surface area contributed by atoms with Crippen molar-refractivity contribution in [3.05, 3.63) is 0 Å². The second kappa shape index (κ2) is 27.4. The minimum absolute atomic E-state index is 0.246. The van der Waals surface area contributed by atoms with E-state index in [0.29, 0.717) is 0 Å². The van der Waals surface area contributed by atoms with Gasteiger partial charge in [0.05, 0.1) is 13.2 Å². The zero-order chi connectivity index (χ0) is 27.5. The van der Waals surface area contributed by atoms with Crippen LogP contribution in [0.15, 0.2) is 0 Å². The van der Waals surface area contributed by atoms with E-state index in [0.717, 1.165) is 50.4 Å². The molecule has 0 saturated carbocycles. The summed E-state index contributed by atoms with van der Waals surface area (Å²) in [5.74, 6) is 1.79. The number of hydrogen-bond donors (Lipinski definition) is 0. The van der Waals surface area contributed by atoms with E-state index < -0.39 is 10.4 Å². The topological polar surface area (TPSA) is 52.6 Å². The number of hydrogen-bond acceptors (Lipinski definition) is 4. The van der Waals surface area contributed by atoms with Crippen LogP contribution in [-0.2, 0) is 18.8 Å². The van der Waals surface area contributed by atoms with Crippen LogP contribution >= 0.6 is 0 Å². The Morgan fingerprint density at radius 2 is 0.703 bits per heavy atom. The van der Waals surface area contributed by atoms with Gasteiger partial charge in [-0.05, 0) is 24.7 Å². The average Bonchev–Trinajstić information content (AvgIpc) is 2.85. The standard InChI is InChI=1S/C32H66O4S/c1-5-25-31(3)27-21-17-13-9-7-11-15-19-23-29-35-37(33,34)36-30-24-20-16-12-8-10-14-18-22-28-32(4)26-6-2/h31-32H,5-30H2,1-4H3. The van der Waals surface area contributed by atoms with Gasteiger partial charge in [-0.1, -0.05) is 169 Å². The first-order valence-electron chi connectivity index (χ1n) is 16.4. The zero-order valence-corrected chi connectivity index (χ0v) is 26.4. The molecule has 0 radical (unpaired) electrons. The first-order valence-corrected chi connectivity index (χ1v) is 17.8. The molecule has 0 aliphatic rings. The first-order chi connectivity index (χ1) is 17.9. The molecule has 0 aromatic carbocycles. The molecule has 224 valence electrons. The highest BCUT2D eigenvalue weighted by molar-refractivity contribution is 7.81. The maximum absolute atomic E-state index is 11.9. The van der Waals surface area contributed by atoms with Gasteiger partial charge in [0.15, 0.2) is 0 Å². The molecule has 0 rings (SSSR count). The lowest BCUT2D eigenvalue weighted by Crippen LogP contribution is -2.12. The summed E-state index contributed by atoms with van der Waals surface area (Å²) >= 11 is 0. The van der Waals surface area contributed by atoms with E-state index in [9.17, 15) is 8.42 Å². The van der Waals surface area contributed by atoms with Crippen LogP contribution < -0.4 is 0 Å². The highest BCUT2D eigenvalue weighted by atomic mass is 32.3. The van der Waals surface area contributed by atoms with E-state index in [-0.39, 0.29) is 13.2 Å². The molecule has 0 spiro atoms. The van der Waals surface area contributed by atoms with Gasteiger partial charge in [0, 0.05) is 0 Å². The molecule has 0 aliphatic heterocycles. The van der Waals surface area contributed by atoms with E-state index in [2.05, 4.69) is 27.7 Å². The molecule has 0 heterocycles. The van der Waals surface area contributed by atoms with Crippen LogP contribution in [0.3, 0.4) is 0 Å². The van der Waals surface area contributed by atoms with Crippen molar-refractivity contribution in [3.63, 3.8) is 0 Å². The second-order valence-corrected chi connectivity index (χ2v) is 13.1. The molecular weight excluding hydrogens is 480 g/mol. The van der Waals surface area contributed by atoms with Gasteiger partial charge >= 0.3 is 10.4 Å². The summed E-state index contributed by atoms with van der Waals surface area (Å²) in [4.78, 5) is 0. The molecular formula is C32H66O4S. The minimum atomic E-state index is -3.82. The van der Waals surface area contributed by atoms with Gasteiger partial charge in [0.25, 0.3) is 0 Å². The molecule has 0 bridgehead atoms. The predicted octanol–water partition coefficient (Wildman–Crippen LogP) is 10.9. The summed E-state index contributed by atoms with van der Waals surface area (Å²) in [5.41, 5.74) is 0. The molecule has 0 saturated heterocycles. The Labute approximate surface area is 233 Å². The third-order valence-electron chi connectivity index (χ3n) is 7.70. The van der Waals surface area contributed by atoms with Crippen LogP contribution in [0.25, 0.3) is 0 Å². The molecule has 37 heavy (non-hydrogen) atoms. The van der Waals surface area contributed by atoms with Crippen molar-refractivity contribution in [1.29, 1.82) is 0 Å². The van der Waals surface area contributed by atoms with Crippen molar-refractivity contribution in [2.75, 3.05) is 13.2 Å². The highest BCUT2D eigenvalue weighted by Crippen LogP contribution is 2.18. The zero-order valence-electron chi connectivity index (χ0n) is 25.6. The normalized spacial score (nSPS) is 13.7. The smallest absolute Gasteiger partial charge is 0.248 e. The van der Waals surface area contributed by atoms with Crippen LogP contribution in [0.5, 0.6) is 0 Å². The number of unbranched alkanes of at least 4 members (excludes halogenated alkanes) is 16. The molecule has 0 aromatic heterocycles. The molecule has 0 amide bonds. The van der Waals surface area contributed by atoms with Gasteiger partial charge < -0.3 is 0 Å². The Kier molecular flexibility index (Phi) is 27.3. The van der Waals surface area contributed by atoms with Crippen molar-refractivity contribution < 1.29 is 16.8 Å². The van der Waals surface area contributed by atoms with E-state index >= 15 is 0 Å². The fourth-order valence-corrected chi connectivity index (χ4v) is 6.01. The predicted molar refractivity (Wildman–Crippen MR) is 161 cm³/mol. The Morgan fingerprint density at radius 1 is 0.432 bits per heavy atom. The molecule has 2 atom stereocenters. The van der Waals surface area contributed by atoms with Gasteiger partial charge in [-0.3, -0.25) is 0 Å². The SMILES string of the molecule is CCCC(C)CCCCCCCCCCCOS(=O)(=O)OCCCCCCCCCCCC(C)CCC. The molecule has 4 nitrogen and oxygen atoms in total. The molecule has 0 N–H and O–H groups in total. The summed E-state index contributed by atoms with van der Waals surface area (Å²) in [6.07, 6.45) is 30.1. The first kappa shape index (κ1) is 36.9. The molecule has 5 heteroatoms. The third-order valence-corrected chi connectivity index (χ3v) is 8.61. The van der Waals surface area contributed by atoms with Gasteiger partial charge in [0.1, 0.15) is 0 Å². The van der Waals surface area contributed by atoms with Crippen molar-refractivity contribution in [2.24, 2.45) is 11.8 Å². The van der Waals surface area contributed by atoms with Crippen LogP contribution in [0, 0.1) is 11.8 Å². The van der Waals surface area contributed by atoms with Crippen molar-refractivity contribution >= 4 is 10.4 Å². The molecule has 0 aliphatic carbocycles. The Balaban J connectivity index is 3.36. The second-order valence-electron chi connectivity index (χ2n) is 11.8. The Morgan fingerprint density at radius 3 is 1.00 bits per heavy atom. The van der Waals surface area contributed by atoms with E-state index in [1.165, 1.54) is 116 Å². The van der Waals surface area contributed by atoms with E-state index in [4.69, 9.17) is 8.37 Å². The van der Waals surface area contributed by atoms with Gasteiger partial charge in [-0.25, -0.2) is 8.37 Å². The maximum atomic E-state index is 11.9. The molecule has 0 aromatic rings. The Bertz CT molecular complexity index is 507. The fraction of sp³-hybridized carbons (Fsp3) is 1.00. The summed E-state index contributed by atoms with van der Waals surface area (Å²) < 4.78 is 33.7. The van der Waals surface area contributed by atoms with Crippen molar-refractivity contribution in [1.82, 2.24) is 0 Å². The lowest BCUT2D eigenvalue weighted by atomic mass is 9.98. The van der Waals surface area contributed by atoms with Crippen LogP contribution in [0.1, 0.15) is 182 Å². The maximum Gasteiger partial charge on any atom is 0.399 e. The average molecular weight is 547 g/mol. The van der Waals surface area contributed by atoms with Crippen LogP contribution in [-0.4, -0.2) is 21.6 Å². The molecule has 0 fully saturated rings. The minimum Gasteiger partial charge on any atom is -0.248 e. The highest BCUT2D eigenvalue weighted by Gasteiger charge is 2.11. The Hall–Kier alpha value is -0.130. The third kappa shape index (κ3) is 28.7. The summed E-state index contributed by atoms with van der Waals surface area (Å²) in [6, 6.07) is 0. The fourth-order valence-electron chi connectivity index (χ4n) is 5.29. The van der Waals surface area contributed by atoms with Crippen LogP contribution in [0.4, 0.5) is 0 Å². The monoisotopic (exact) mass is 546 g/mol. The number of rotatable bonds is 30. The summed E-state index contributed by atoms with van der Waals surface area (Å²) in [6.45, 7) is 9.80. The van der Waals surface area contributed by atoms with E-state index in [1.807, 2.05) is 0 Å². The lowest BCUT2D eigenvalue weighted by Gasteiger charge is -2.09. The lowest BCUT2D eigenvalue weighted by molar-refractivity contribution is 0.208. The van der Waals surface area contributed by atoms with E-state index in [1.54, 1.807) is 0 Å². The van der Waals surface area contributed by atoms with Crippen molar-refractivity contribution in [2.45, 2.75) is 182 Å². The quantitative estimate of drug-likeness (QED) is 0.0841. The van der Waals surface area contributed by atoms with Gasteiger partial charge in [-0.15, -0.1) is 0 Å². The molecule has 2 unspecified atom stereocenters. The van der Waals surface area contributed by atoms with Gasteiger partial charge in [-0.2, -0.15) is 8.42 Å². The largest absolute Gasteiger partial charge is 0.399 e. The summed E-state index contributed by atoms with van der Waals surface area (Å²) in [5, 5.41) is 0. The van der Waals surface area contributed by atoms with Gasteiger partial charge in [0.2, 0.25) is 0 Å². The van der Waals surface area contributed by atoms with Crippen molar-refractivity contribution in [3.8, 4) is 0 Å². The summed E-state index contributed by atoms with van der Waals surface area (Å²) in [7, 11) is -3.82.